The minimum Gasteiger partial charge on any atom is -0.459 e. The number of imidazole rings is 1. The Morgan fingerprint density at radius 2 is 2.20 bits per heavy atom. The molecular formula is C14H17N7O4. The third-order valence-electron chi connectivity index (χ3n) is 3.55. The van der Waals surface area contributed by atoms with Crippen molar-refractivity contribution in [3.8, 4) is 0 Å². The van der Waals surface area contributed by atoms with Gasteiger partial charge in [-0.3, -0.25) is 24.8 Å². The van der Waals surface area contributed by atoms with Gasteiger partial charge in [-0.15, -0.1) is 0 Å². The summed E-state index contributed by atoms with van der Waals surface area (Å²) < 4.78 is 7.72. The predicted molar refractivity (Wildman–Crippen MR) is 88.8 cm³/mol. The summed E-state index contributed by atoms with van der Waals surface area (Å²) in [6, 6.07) is 3.08. The average molecular weight is 347 g/mol. The number of nitrogens with two attached hydrogens (primary N) is 1. The van der Waals surface area contributed by atoms with Crippen molar-refractivity contribution in [1.29, 1.82) is 0 Å². The maximum absolute atomic E-state index is 12.5. The first-order valence-corrected chi connectivity index (χ1v) is 7.54. The van der Waals surface area contributed by atoms with E-state index in [1.54, 1.807) is 13.0 Å². The molecule has 0 fully saturated rings. The zero-order valence-corrected chi connectivity index (χ0v) is 13.4. The molecule has 0 atom stereocenters. The maximum atomic E-state index is 12.5. The number of hydrogen-bond acceptors (Lipinski definition) is 8. The molecule has 1 amide bonds. The molecule has 0 radical (unpaired) electrons. The quantitative estimate of drug-likeness (QED) is 0.437. The molecule has 3 rings (SSSR count). The van der Waals surface area contributed by atoms with Gasteiger partial charge in [0.05, 0.1) is 19.4 Å². The first-order valence-electron chi connectivity index (χ1n) is 7.54. The molecule has 132 valence electrons. The summed E-state index contributed by atoms with van der Waals surface area (Å²) in [7, 11) is 0. The van der Waals surface area contributed by atoms with Crippen LogP contribution in [0.2, 0.25) is 0 Å². The monoisotopic (exact) mass is 347 g/mol. The van der Waals surface area contributed by atoms with E-state index >= 15 is 0 Å². The highest BCUT2D eigenvalue weighted by Crippen LogP contribution is 2.20. The van der Waals surface area contributed by atoms with Gasteiger partial charge < -0.3 is 15.3 Å². The lowest BCUT2D eigenvalue weighted by atomic mass is 10.4. The number of aryl methyl sites for hydroxylation is 1. The molecule has 0 unspecified atom stereocenters. The van der Waals surface area contributed by atoms with Gasteiger partial charge in [-0.25, -0.2) is 4.79 Å². The minimum atomic E-state index is -0.518. The molecule has 0 aliphatic carbocycles. The predicted octanol–water partition coefficient (Wildman–Crippen LogP) is -0.463. The van der Waals surface area contributed by atoms with E-state index in [-0.39, 0.29) is 42.0 Å². The average Bonchev–Trinajstić information content (AvgIpc) is 3.21. The number of hydrazine groups is 1. The van der Waals surface area contributed by atoms with E-state index in [0.29, 0.717) is 12.1 Å². The number of fused-ring (bicyclic) bond motifs is 1. The number of amides is 1. The first-order chi connectivity index (χ1) is 12.1. The van der Waals surface area contributed by atoms with Crippen LogP contribution in [0.25, 0.3) is 11.2 Å². The summed E-state index contributed by atoms with van der Waals surface area (Å²) in [6.45, 7) is 1.97. The number of nitrogen functional groups attached to an aromatic ring is 1. The number of carbonyl (C=O) groups is 1. The van der Waals surface area contributed by atoms with Gasteiger partial charge in [0, 0.05) is 6.54 Å². The van der Waals surface area contributed by atoms with E-state index in [4.69, 9.17) is 10.2 Å². The number of nitrogens with one attached hydrogen (secondary N) is 2. The molecule has 0 aliphatic heterocycles. The summed E-state index contributed by atoms with van der Waals surface area (Å²) in [6.07, 6.45) is 1.37. The van der Waals surface area contributed by atoms with Crippen LogP contribution in [0.5, 0.6) is 0 Å². The highest BCUT2D eigenvalue weighted by Gasteiger charge is 2.19. The van der Waals surface area contributed by atoms with Gasteiger partial charge in [-0.2, -0.15) is 9.97 Å². The highest BCUT2D eigenvalue weighted by molar-refractivity contribution is 5.93. The van der Waals surface area contributed by atoms with E-state index in [1.165, 1.54) is 21.5 Å². The van der Waals surface area contributed by atoms with Gasteiger partial charge in [-0.1, -0.05) is 0 Å². The number of hydrogen-bond donors (Lipinski definition) is 4. The largest absolute Gasteiger partial charge is 0.459 e. The van der Waals surface area contributed by atoms with E-state index in [0.717, 1.165) is 0 Å². The van der Waals surface area contributed by atoms with Gasteiger partial charge in [-0.05, 0) is 19.1 Å². The normalized spacial score (nSPS) is 11.0. The van der Waals surface area contributed by atoms with Crippen molar-refractivity contribution in [2.75, 3.05) is 17.8 Å². The zero-order valence-electron chi connectivity index (χ0n) is 13.4. The van der Waals surface area contributed by atoms with Crippen LogP contribution < -0.4 is 22.3 Å². The first kappa shape index (κ1) is 16.5. The van der Waals surface area contributed by atoms with Crippen molar-refractivity contribution < 1.29 is 14.3 Å². The molecule has 25 heavy (non-hydrogen) atoms. The van der Waals surface area contributed by atoms with Crippen molar-refractivity contribution in [2.45, 2.75) is 20.0 Å². The van der Waals surface area contributed by atoms with Crippen molar-refractivity contribution in [1.82, 2.24) is 24.5 Å². The lowest BCUT2D eigenvalue weighted by Crippen LogP contribution is -2.30. The number of aliphatic hydroxyl groups is 1. The number of carbonyl (C=O) groups excluding carboxylic acids is 1. The molecule has 0 aromatic carbocycles. The van der Waals surface area contributed by atoms with E-state index in [1.807, 2.05) is 0 Å². The second-order valence-corrected chi connectivity index (χ2v) is 5.06. The number of aliphatic hydroxyl groups excluding tert-OH is 1. The van der Waals surface area contributed by atoms with Crippen molar-refractivity contribution in [3.05, 3.63) is 34.6 Å². The van der Waals surface area contributed by atoms with Crippen molar-refractivity contribution >= 4 is 28.8 Å². The fraction of sp³-hybridized carbons (Fsp3) is 0.286. The van der Waals surface area contributed by atoms with Crippen LogP contribution in [0.3, 0.4) is 0 Å². The second-order valence-electron chi connectivity index (χ2n) is 5.06. The van der Waals surface area contributed by atoms with E-state index in [2.05, 4.69) is 20.8 Å². The molecular weight excluding hydrogens is 330 g/mol. The standard InChI is InChI=1S/C14H17N7O4/c1-2-20-9-10(18-19-12(23)8-4-3-7-25-8)16-13(15)17-11(9)21(5-6-22)14(20)24/h3-4,7,22H,2,5-6H2,1H3,(H,19,23)(H3,15,16,17,18). The van der Waals surface area contributed by atoms with Gasteiger partial charge in [0.15, 0.2) is 17.2 Å². The third kappa shape index (κ3) is 2.92. The van der Waals surface area contributed by atoms with E-state index < -0.39 is 5.91 Å². The van der Waals surface area contributed by atoms with Crippen molar-refractivity contribution in [3.63, 3.8) is 0 Å². The Hall–Kier alpha value is -3.34. The lowest BCUT2D eigenvalue weighted by molar-refractivity contribution is 0.0935. The zero-order chi connectivity index (χ0) is 18.0. The summed E-state index contributed by atoms with van der Waals surface area (Å²) in [4.78, 5) is 32.6. The van der Waals surface area contributed by atoms with Crippen LogP contribution in [-0.4, -0.2) is 36.7 Å². The smallest absolute Gasteiger partial charge is 0.330 e. The number of aromatic nitrogens is 4. The maximum Gasteiger partial charge on any atom is 0.330 e. The molecule has 3 aromatic rings. The molecule has 0 spiro atoms. The van der Waals surface area contributed by atoms with E-state index in [9.17, 15) is 14.7 Å². The molecule has 0 aliphatic rings. The SMILES string of the molecule is CCn1c(=O)n(CCO)c2nc(N)nc(NNC(=O)c3ccco3)c21. The summed E-state index contributed by atoms with van der Waals surface area (Å²) >= 11 is 0. The molecule has 3 heterocycles. The van der Waals surface area contributed by atoms with Crippen LogP contribution in [0, 0.1) is 0 Å². The molecule has 0 saturated heterocycles. The fourth-order valence-corrected chi connectivity index (χ4v) is 2.50. The molecule has 0 bridgehead atoms. The summed E-state index contributed by atoms with van der Waals surface area (Å²) in [5.74, 6) is -0.327. The third-order valence-corrected chi connectivity index (χ3v) is 3.55. The van der Waals surface area contributed by atoms with Crippen LogP contribution in [0.4, 0.5) is 11.8 Å². The fourth-order valence-electron chi connectivity index (χ4n) is 2.50. The number of furan rings is 1. The summed E-state index contributed by atoms with van der Waals surface area (Å²) in [5, 5.41) is 9.18. The number of rotatable bonds is 6. The van der Waals surface area contributed by atoms with Crippen LogP contribution in [0.15, 0.2) is 27.6 Å². The van der Waals surface area contributed by atoms with Gasteiger partial charge >= 0.3 is 11.6 Å². The van der Waals surface area contributed by atoms with Crippen LogP contribution >= 0.6 is 0 Å². The topological polar surface area (TPSA) is 153 Å². The highest BCUT2D eigenvalue weighted by atomic mass is 16.3. The molecule has 11 heteroatoms. The van der Waals surface area contributed by atoms with Gasteiger partial charge in [0.2, 0.25) is 5.95 Å². The lowest BCUT2D eigenvalue weighted by Gasteiger charge is -2.09. The van der Waals surface area contributed by atoms with Crippen LogP contribution in [-0.2, 0) is 13.1 Å². The second kappa shape index (κ2) is 6.65. The Kier molecular flexibility index (Phi) is 4.39. The molecule has 11 nitrogen and oxygen atoms in total. The Morgan fingerprint density at radius 1 is 1.40 bits per heavy atom. The Morgan fingerprint density at radius 3 is 2.84 bits per heavy atom. The molecule has 0 saturated carbocycles. The van der Waals surface area contributed by atoms with Gasteiger partial charge in [0.25, 0.3) is 0 Å². The van der Waals surface area contributed by atoms with Crippen LogP contribution in [0.1, 0.15) is 17.5 Å². The number of nitrogens with zero attached hydrogens (tertiary/aromatic N) is 4. The molecule has 3 aromatic heterocycles. The number of anilines is 2. The van der Waals surface area contributed by atoms with Gasteiger partial charge in [0.1, 0.15) is 5.52 Å². The minimum absolute atomic E-state index is 0.0664. The Labute approximate surface area is 141 Å². The summed E-state index contributed by atoms with van der Waals surface area (Å²) in [5.41, 5.74) is 11.1. The Balaban J connectivity index is 2.04. The van der Waals surface area contributed by atoms with Crippen molar-refractivity contribution in [2.24, 2.45) is 0 Å². The Bertz CT molecular complexity index is 958. The molecule has 5 N–H and O–H groups in total.